The molecule has 0 amide bonds. The monoisotopic (exact) mass is 458 g/mol. The molecule has 0 aromatic heterocycles. The second kappa shape index (κ2) is 11.3. The lowest BCUT2D eigenvalue weighted by molar-refractivity contribution is -0.143. The van der Waals surface area contributed by atoms with Crippen molar-refractivity contribution >= 4 is 52.7 Å². The van der Waals surface area contributed by atoms with Crippen LogP contribution in [-0.4, -0.2) is 39.5 Å². The van der Waals surface area contributed by atoms with Crippen molar-refractivity contribution in [2.75, 3.05) is 6.61 Å². The maximum atomic E-state index is 13.1. The third-order valence-electron chi connectivity index (χ3n) is 4.94. The number of carboxylic acid groups (broad SMARTS) is 1. The van der Waals surface area contributed by atoms with E-state index < -0.39 is 45.9 Å². The molecule has 4 atom stereocenters. The highest BCUT2D eigenvalue weighted by Gasteiger charge is 2.42. The number of carbonyl (C=O) groups excluding carboxylic acids is 2. The molecule has 0 aliphatic rings. The number of ketones is 1. The summed E-state index contributed by atoms with van der Waals surface area (Å²) in [6, 6.07) is 0. The molecule has 0 heterocycles. The molecule has 0 fully saturated rings. The van der Waals surface area contributed by atoms with Crippen LogP contribution in [0.15, 0.2) is 12.7 Å². The third kappa shape index (κ3) is 9.01. The lowest BCUT2D eigenvalue weighted by Gasteiger charge is -2.36. The van der Waals surface area contributed by atoms with Gasteiger partial charge in [-0.25, -0.2) is 4.79 Å². The van der Waals surface area contributed by atoms with Crippen LogP contribution in [0.3, 0.4) is 0 Å². The zero-order valence-electron chi connectivity index (χ0n) is 16.8. The molecule has 0 aliphatic carbocycles. The largest absolute Gasteiger partial charge is 0.508 e. The number of ether oxygens (including phenoxy) is 2. The summed E-state index contributed by atoms with van der Waals surface area (Å²) in [6.45, 7) is 11.7. The van der Waals surface area contributed by atoms with Gasteiger partial charge in [-0.3, -0.25) is 9.59 Å². The number of halogens is 3. The van der Waals surface area contributed by atoms with Gasteiger partial charge in [0.05, 0.1) is 5.92 Å². The molecule has 0 saturated heterocycles. The van der Waals surface area contributed by atoms with Gasteiger partial charge in [0.25, 0.3) is 0 Å². The van der Waals surface area contributed by atoms with E-state index in [0.717, 1.165) is 0 Å². The molecule has 162 valence electrons. The first-order chi connectivity index (χ1) is 12.6. The molecule has 0 aliphatic heterocycles. The molecule has 6 nitrogen and oxygen atoms in total. The Labute approximate surface area is 181 Å². The number of carboxylic acids is 1. The standard InChI is InChI=1S/C19H29Cl3O6/c1-7-8-11(2)15(28-17(26)27-10-19(20,21)22)13(4)16(25)18(5,6)12(3)9-14(23)24/h7,11-13,15H,1,8-10H2,2-6H3,(H,23,24)/t11-,12-,13+,15-/m0/s1. The first kappa shape index (κ1) is 27.0. The van der Waals surface area contributed by atoms with Gasteiger partial charge >= 0.3 is 12.1 Å². The molecule has 0 aromatic rings. The van der Waals surface area contributed by atoms with Crippen LogP contribution in [0.2, 0.25) is 0 Å². The summed E-state index contributed by atoms with van der Waals surface area (Å²) in [4.78, 5) is 36.2. The number of allylic oxidation sites excluding steroid dienone is 1. The molecule has 0 unspecified atom stereocenters. The lowest BCUT2D eigenvalue weighted by atomic mass is 9.69. The molecule has 0 radical (unpaired) electrons. The van der Waals surface area contributed by atoms with Crippen molar-refractivity contribution < 1.29 is 29.0 Å². The van der Waals surface area contributed by atoms with Crippen LogP contribution in [0.5, 0.6) is 0 Å². The number of Topliss-reactive ketones (excluding diaryl/α,β-unsaturated/α-hetero) is 1. The quantitative estimate of drug-likeness (QED) is 0.251. The topological polar surface area (TPSA) is 89.9 Å². The Morgan fingerprint density at radius 3 is 2.11 bits per heavy atom. The van der Waals surface area contributed by atoms with Crippen LogP contribution in [0.25, 0.3) is 0 Å². The van der Waals surface area contributed by atoms with E-state index >= 15 is 0 Å². The fourth-order valence-electron chi connectivity index (χ4n) is 2.89. The maximum Gasteiger partial charge on any atom is 0.508 e. The van der Waals surface area contributed by atoms with Crippen molar-refractivity contribution in [3.05, 3.63) is 12.7 Å². The zero-order chi connectivity index (χ0) is 22.3. The molecule has 28 heavy (non-hydrogen) atoms. The van der Waals surface area contributed by atoms with E-state index in [9.17, 15) is 14.4 Å². The minimum absolute atomic E-state index is 0.148. The van der Waals surface area contributed by atoms with Crippen molar-refractivity contribution in [2.24, 2.45) is 23.2 Å². The van der Waals surface area contributed by atoms with E-state index in [1.54, 1.807) is 33.8 Å². The van der Waals surface area contributed by atoms with Crippen molar-refractivity contribution in [1.29, 1.82) is 0 Å². The highest BCUT2D eigenvalue weighted by atomic mass is 35.6. The van der Waals surface area contributed by atoms with Crippen molar-refractivity contribution in [3.63, 3.8) is 0 Å². The minimum atomic E-state index is -1.78. The smallest absolute Gasteiger partial charge is 0.481 e. The normalized spacial score (nSPS) is 16.4. The molecule has 0 aromatic carbocycles. The van der Waals surface area contributed by atoms with E-state index in [4.69, 9.17) is 49.4 Å². The molecular weight excluding hydrogens is 431 g/mol. The number of hydrogen-bond donors (Lipinski definition) is 1. The average molecular weight is 460 g/mol. The second-order valence-corrected chi connectivity index (χ2v) is 10.1. The van der Waals surface area contributed by atoms with Crippen molar-refractivity contribution in [1.82, 2.24) is 0 Å². The van der Waals surface area contributed by atoms with Crippen molar-refractivity contribution in [2.45, 2.75) is 57.4 Å². The molecule has 0 rings (SSSR count). The van der Waals surface area contributed by atoms with Crippen LogP contribution >= 0.6 is 34.8 Å². The highest BCUT2D eigenvalue weighted by molar-refractivity contribution is 6.67. The Morgan fingerprint density at radius 2 is 1.68 bits per heavy atom. The number of carbonyl (C=O) groups is 3. The summed E-state index contributed by atoms with van der Waals surface area (Å²) >= 11 is 16.7. The van der Waals surface area contributed by atoms with Gasteiger partial charge in [-0.15, -0.1) is 6.58 Å². The van der Waals surface area contributed by atoms with Gasteiger partial charge < -0.3 is 14.6 Å². The molecule has 0 saturated carbocycles. The van der Waals surface area contributed by atoms with Gasteiger partial charge in [0.15, 0.2) is 0 Å². The Hall–Kier alpha value is -0.980. The van der Waals surface area contributed by atoms with E-state index in [1.165, 1.54) is 0 Å². The summed E-state index contributed by atoms with van der Waals surface area (Å²) in [5.41, 5.74) is -0.936. The van der Waals surface area contributed by atoms with Crippen LogP contribution in [0.4, 0.5) is 4.79 Å². The third-order valence-corrected chi connectivity index (χ3v) is 5.27. The Bertz CT molecular complexity index is 571. The SMILES string of the molecule is C=CC[C@H](C)[C@H](OC(=O)OCC(Cl)(Cl)Cl)[C@@H](C)C(=O)C(C)(C)[C@@H](C)CC(=O)O. The molecule has 0 bridgehead atoms. The van der Waals surface area contributed by atoms with Crippen molar-refractivity contribution in [3.8, 4) is 0 Å². The molecule has 1 N–H and O–H groups in total. The van der Waals surface area contributed by atoms with Gasteiger partial charge in [-0.1, -0.05) is 75.5 Å². The molecule has 0 spiro atoms. The minimum Gasteiger partial charge on any atom is -0.481 e. The Kier molecular flexibility index (Phi) is 10.9. The average Bonchev–Trinajstić information content (AvgIpc) is 2.55. The summed E-state index contributed by atoms with van der Waals surface area (Å²) in [5.74, 6) is -2.55. The summed E-state index contributed by atoms with van der Waals surface area (Å²) in [7, 11) is 0. The van der Waals surface area contributed by atoms with Crippen LogP contribution < -0.4 is 0 Å². The summed E-state index contributed by atoms with van der Waals surface area (Å²) in [5, 5.41) is 9.04. The first-order valence-corrected chi connectivity index (χ1v) is 10.0. The second-order valence-electron chi connectivity index (χ2n) is 7.61. The first-order valence-electron chi connectivity index (χ1n) is 8.90. The van der Waals surface area contributed by atoms with Crippen LogP contribution in [0, 0.1) is 23.2 Å². The molecule has 9 heteroatoms. The summed E-state index contributed by atoms with van der Waals surface area (Å²) < 4.78 is 8.41. The Balaban J connectivity index is 5.42. The predicted molar refractivity (Wildman–Crippen MR) is 110 cm³/mol. The fourth-order valence-corrected chi connectivity index (χ4v) is 3.05. The Morgan fingerprint density at radius 1 is 1.14 bits per heavy atom. The van der Waals surface area contributed by atoms with Crippen LogP contribution in [0.1, 0.15) is 47.5 Å². The predicted octanol–water partition coefficient (Wildman–Crippen LogP) is 5.43. The van der Waals surface area contributed by atoms with E-state index in [0.29, 0.717) is 6.42 Å². The number of hydrogen-bond acceptors (Lipinski definition) is 5. The van der Waals surface area contributed by atoms with E-state index in [2.05, 4.69) is 6.58 Å². The fraction of sp³-hybridized carbons (Fsp3) is 0.737. The van der Waals surface area contributed by atoms with Gasteiger partial charge in [0.1, 0.15) is 18.5 Å². The number of rotatable bonds is 11. The van der Waals surface area contributed by atoms with E-state index in [-0.39, 0.29) is 18.1 Å². The number of aliphatic carboxylic acids is 1. The lowest BCUT2D eigenvalue weighted by Crippen LogP contribution is -2.44. The summed E-state index contributed by atoms with van der Waals surface area (Å²) in [6.07, 6.45) is 0.131. The molecular formula is C19H29Cl3O6. The van der Waals surface area contributed by atoms with Gasteiger partial charge in [0.2, 0.25) is 3.79 Å². The number of alkyl halides is 3. The zero-order valence-corrected chi connectivity index (χ0v) is 19.1. The van der Waals surface area contributed by atoms with Gasteiger partial charge in [0, 0.05) is 11.8 Å². The van der Waals surface area contributed by atoms with E-state index in [1.807, 2.05) is 6.92 Å². The van der Waals surface area contributed by atoms with Gasteiger partial charge in [-0.05, 0) is 18.3 Å². The van der Waals surface area contributed by atoms with Crippen LogP contribution in [-0.2, 0) is 19.1 Å². The highest BCUT2D eigenvalue weighted by Crippen LogP contribution is 2.36. The maximum absolute atomic E-state index is 13.1. The van der Waals surface area contributed by atoms with Gasteiger partial charge in [-0.2, -0.15) is 0 Å².